The molecule has 0 heterocycles. The van der Waals surface area contributed by atoms with Crippen molar-refractivity contribution in [3.8, 4) is 0 Å². The van der Waals surface area contributed by atoms with E-state index in [4.69, 9.17) is 9.84 Å². The fraction of sp³-hybridized carbons (Fsp3) is 0.400. The van der Waals surface area contributed by atoms with Crippen LogP contribution in [0.5, 0.6) is 0 Å². The van der Waals surface area contributed by atoms with Crippen LogP contribution >= 0.6 is 0 Å². The number of hydrogen-bond donors (Lipinski definition) is 1. The Balaban J connectivity index is 2.86. The van der Waals surface area contributed by atoms with E-state index in [1.165, 1.54) is 0 Å². The lowest BCUT2D eigenvalue weighted by Crippen LogP contribution is -1.96. The molecule has 2 nitrogen and oxygen atoms in total. The van der Waals surface area contributed by atoms with Crippen molar-refractivity contribution in [1.29, 1.82) is 0 Å². The molecule has 0 aliphatic carbocycles. The van der Waals surface area contributed by atoms with Crippen molar-refractivity contribution in [1.82, 2.24) is 0 Å². The second-order valence-corrected chi connectivity index (χ2v) is 2.78. The van der Waals surface area contributed by atoms with E-state index in [2.05, 4.69) is 0 Å². The van der Waals surface area contributed by atoms with Gasteiger partial charge in [-0.2, -0.15) is 0 Å². The zero-order chi connectivity index (χ0) is 8.97. The number of hydrogen-bond acceptors (Lipinski definition) is 2. The molecule has 1 rings (SSSR count). The second-order valence-electron chi connectivity index (χ2n) is 2.78. The monoisotopic (exact) mass is 166 g/mol. The topological polar surface area (TPSA) is 29.5 Å². The van der Waals surface area contributed by atoms with Crippen molar-refractivity contribution >= 4 is 0 Å². The zero-order valence-corrected chi connectivity index (χ0v) is 7.45. The average Bonchev–Trinajstić information content (AvgIpc) is 2.17. The lowest BCUT2D eigenvalue weighted by atomic mass is 10.1. The molecule has 66 valence electrons. The second kappa shape index (κ2) is 4.24. The summed E-state index contributed by atoms with van der Waals surface area (Å²) >= 11 is 0. The average molecular weight is 166 g/mol. The van der Waals surface area contributed by atoms with Crippen molar-refractivity contribution in [3.63, 3.8) is 0 Å². The van der Waals surface area contributed by atoms with Crippen LogP contribution in [0.2, 0.25) is 0 Å². The van der Waals surface area contributed by atoms with Crippen molar-refractivity contribution in [2.24, 2.45) is 0 Å². The van der Waals surface area contributed by atoms with E-state index in [-0.39, 0.29) is 12.7 Å². The maximum Gasteiger partial charge on any atom is 0.0793 e. The third kappa shape index (κ3) is 2.06. The summed E-state index contributed by atoms with van der Waals surface area (Å²) in [6.07, 6.45) is 0.0940. The van der Waals surface area contributed by atoms with Crippen LogP contribution in [-0.4, -0.2) is 12.2 Å². The molecule has 1 atom stereocenters. The number of rotatable bonds is 3. The molecule has 1 aromatic rings. The minimum atomic E-state index is 0.0876. The van der Waals surface area contributed by atoms with Crippen LogP contribution in [0.1, 0.15) is 24.2 Å². The first kappa shape index (κ1) is 9.23. The summed E-state index contributed by atoms with van der Waals surface area (Å²) in [5, 5.41) is 8.88. The third-order valence-electron chi connectivity index (χ3n) is 1.96. The molecule has 2 heteroatoms. The van der Waals surface area contributed by atoms with Crippen LogP contribution in [0.15, 0.2) is 24.3 Å². The molecule has 0 aliphatic rings. The number of aliphatic hydroxyl groups is 1. The fourth-order valence-corrected chi connectivity index (χ4v) is 1.08. The van der Waals surface area contributed by atoms with Gasteiger partial charge in [-0.1, -0.05) is 24.3 Å². The van der Waals surface area contributed by atoms with E-state index in [9.17, 15) is 0 Å². The first-order chi connectivity index (χ1) is 5.77. The molecule has 0 saturated carbocycles. The Morgan fingerprint density at radius 1 is 1.50 bits per heavy atom. The number of ether oxygens (including phenoxy) is 1. The standard InChI is InChI=1S/C10H14O2/c1-8(12-2)10-5-3-4-9(6-10)7-11/h3-6,8,11H,7H2,1-2H3. The Morgan fingerprint density at radius 3 is 2.83 bits per heavy atom. The van der Waals surface area contributed by atoms with E-state index < -0.39 is 0 Å². The molecular formula is C10H14O2. The third-order valence-corrected chi connectivity index (χ3v) is 1.96. The van der Waals surface area contributed by atoms with Crippen LogP contribution in [0.3, 0.4) is 0 Å². The van der Waals surface area contributed by atoms with Gasteiger partial charge in [-0.25, -0.2) is 0 Å². The zero-order valence-electron chi connectivity index (χ0n) is 7.45. The van der Waals surface area contributed by atoms with E-state index in [0.717, 1.165) is 11.1 Å². The van der Waals surface area contributed by atoms with Gasteiger partial charge in [0.25, 0.3) is 0 Å². The summed E-state index contributed by atoms with van der Waals surface area (Å²) in [7, 11) is 1.68. The fourth-order valence-electron chi connectivity index (χ4n) is 1.08. The predicted octanol–water partition coefficient (Wildman–Crippen LogP) is 1.89. The van der Waals surface area contributed by atoms with Gasteiger partial charge in [0.2, 0.25) is 0 Å². The lowest BCUT2D eigenvalue weighted by molar-refractivity contribution is 0.119. The summed E-state index contributed by atoms with van der Waals surface area (Å²) in [6.45, 7) is 2.07. The smallest absolute Gasteiger partial charge is 0.0793 e. The molecule has 12 heavy (non-hydrogen) atoms. The minimum absolute atomic E-state index is 0.0876. The molecule has 1 unspecified atom stereocenters. The maximum absolute atomic E-state index is 8.88. The molecule has 1 aromatic carbocycles. The van der Waals surface area contributed by atoms with Crippen LogP contribution in [0.25, 0.3) is 0 Å². The van der Waals surface area contributed by atoms with Crippen LogP contribution < -0.4 is 0 Å². The largest absolute Gasteiger partial charge is 0.392 e. The summed E-state index contributed by atoms with van der Waals surface area (Å²) < 4.78 is 5.15. The van der Waals surface area contributed by atoms with E-state index in [0.29, 0.717) is 0 Å². The SMILES string of the molecule is COC(C)c1cccc(CO)c1. The van der Waals surface area contributed by atoms with Crippen molar-refractivity contribution in [3.05, 3.63) is 35.4 Å². The van der Waals surface area contributed by atoms with Crippen molar-refractivity contribution in [2.45, 2.75) is 19.6 Å². The van der Waals surface area contributed by atoms with Gasteiger partial charge in [0.15, 0.2) is 0 Å². The summed E-state index contributed by atoms with van der Waals surface area (Å²) in [5.74, 6) is 0. The summed E-state index contributed by atoms with van der Waals surface area (Å²) in [5.41, 5.74) is 2.03. The molecule has 1 N–H and O–H groups in total. The normalized spacial score (nSPS) is 12.9. The maximum atomic E-state index is 8.88. The first-order valence-corrected chi connectivity index (χ1v) is 4.00. The Hall–Kier alpha value is -0.860. The Bertz CT molecular complexity index is 245. The van der Waals surface area contributed by atoms with Gasteiger partial charge < -0.3 is 9.84 Å². The molecule has 0 spiro atoms. The van der Waals surface area contributed by atoms with E-state index in [1.807, 2.05) is 31.2 Å². The van der Waals surface area contributed by atoms with Gasteiger partial charge in [-0.15, -0.1) is 0 Å². The molecule has 0 aromatic heterocycles. The summed E-state index contributed by atoms with van der Waals surface area (Å²) in [6, 6.07) is 7.77. The van der Waals surface area contributed by atoms with E-state index >= 15 is 0 Å². The Kier molecular flexibility index (Phi) is 3.26. The molecule has 0 fully saturated rings. The molecule has 0 saturated heterocycles. The number of benzene rings is 1. The quantitative estimate of drug-likeness (QED) is 0.743. The highest BCUT2D eigenvalue weighted by molar-refractivity contribution is 5.24. The lowest BCUT2D eigenvalue weighted by Gasteiger charge is -2.10. The van der Waals surface area contributed by atoms with Gasteiger partial charge in [0.1, 0.15) is 0 Å². The first-order valence-electron chi connectivity index (χ1n) is 4.00. The highest BCUT2D eigenvalue weighted by Crippen LogP contribution is 2.16. The predicted molar refractivity (Wildman–Crippen MR) is 47.8 cm³/mol. The molecule has 0 radical (unpaired) electrons. The van der Waals surface area contributed by atoms with Crippen LogP contribution in [0, 0.1) is 0 Å². The van der Waals surface area contributed by atoms with Gasteiger partial charge in [-0.05, 0) is 18.1 Å². The highest BCUT2D eigenvalue weighted by atomic mass is 16.5. The van der Waals surface area contributed by atoms with Gasteiger partial charge >= 0.3 is 0 Å². The van der Waals surface area contributed by atoms with Gasteiger partial charge in [0.05, 0.1) is 12.7 Å². The van der Waals surface area contributed by atoms with Gasteiger partial charge in [0, 0.05) is 7.11 Å². The Morgan fingerprint density at radius 2 is 2.25 bits per heavy atom. The minimum Gasteiger partial charge on any atom is -0.392 e. The number of methoxy groups -OCH3 is 1. The number of aliphatic hydroxyl groups excluding tert-OH is 1. The van der Waals surface area contributed by atoms with Gasteiger partial charge in [-0.3, -0.25) is 0 Å². The molecular weight excluding hydrogens is 152 g/mol. The Labute approximate surface area is 72.8 Å². The van der Waals surface area contributed by atoms with Crippen LogP contribution in [-0.2, 0) is 11.3 Å². The molecule has 0 bridgehead atoms. The molecule has 0 amide bonds. The van der Waals surface area contributed by atoms with Crippen molar-refractivity contribution < 1.29 is 9.84 Å². The van der Waals surface area contributed by atoms with E-state index in [1.54, 1.807) is 7.11 Å². The van der Waals surface area contributed by atoms with Crippen molar-refractivity contribution in [2.75, 3.05) is 7.11 Å². The van der Waals surface area contributed by atoms with Crippen LogP contribution in [0.4, 0.5) is 0 Å². The molecule has 0 aliphatic heterocycles. The summed E-state index contributed by atoms with van der Waals surface area (Å²) in [4.78, 5) is 0. The highest BCUT2D eigenvalue weighted by Gasteiger charge is 2.02.